The van der Waals surface area contributed by atoms with E-state index in [0.717, 1.165) is 42.6 Å². The van der Waals surface area contributed by atoms with Gasteiger partial charge in [-0.15, -0.1) is 0 Å². The first kappa shape index (κ1) is 20.6. The van der Waals surface area contributed by atoms with Crippen molar-refractivity contribution in [1.82, 2.24) is 9.80 Å². The molecule has 0 radical (unpaired) electrons. The van der Waals surface area contributed by atoms with Crippen molar-refractivity contribution in [2.24, 2.45) is 0 Å². The molecule has 1 aliphatic heterocycles. The van der Waals surface area contributed by atoms with Crippen LogP contribution in [-0.4, -0.2) is 33.9 Å². The second-order valence-electron chi connectivity index (χ2n) is 8.15. The van der Waals surface area contributed by atoms with E-state index in [-0.39, 0.29) is 11.9 Å². The van der Waals surface area contributed by atoms with Gasteiger partial charge in [-0.1, -0.05) is 67.3 Å². The number of hydrogen-bond acceptors (Lipinski definition) is 3. The lowest BCUT2D eigenvalue weighted by Gasteiger charge is -2.30. The fourth-order valence-electron chi connectivity index (χ4n) is 4.16. The second kappa shape index (κ2) is 9.00. The predicted octanol–water partition coefficient (Wildman–Crippen LogP) is 5.31. The van der Waals surface area contributed by atoms with Crippen LogP contribution in [0.15, 0.2) is 54.2 Å². The first-order valence-electron chi connectivity index (χ1n) is 10.6. The summed E-state index contributed by atoms with van der Waals surface area (Å²) >= 11 is 5.63. The topological polar surface area (TPSA) is 32.8 Å². The minimum atomic E-state index is 0.00253. The number of carbonyl (C=O) groups is 1. The van der Waals surface area contributed by atoms with Crippen molar-refractivity contribution in [3.05, 3.63) is 70.9 Å². The first-order valence-corrected chi connectivity index (χ1v) is 11.1. The summed E-state index contributed by atoms with van der Waals surface area (Å²) in [4.78, 5) is 16.9. The molecule has 4 nitrogen and oxygen atoms in total. The predicted molar refractivity (Wildman–Crippen MR) is 124 cm³/mol. The van der Waals surface area contributed by atoms with Crippen molar-refractivity contribution in [2.75, 3.05) is 7.05 Å². The Labute approximate surface area is 184 Å². The summed E-state index contributed by atoms with van der Waals surface area (Å²) in [6.45, 7) is 2.55. The van der Waals surface area contributed by atoms with Crippen molar-refractivity contribution in [2.45, 2.75) is 51.7 Å². The molecular weight excluding hydrogens is 392 g/mol. The van der Waals surface area contributed by atoms with Crippen molar-refractivity contribution >= 4 is 29.3 Å². The van der Waals surface area contributed by atoms with Crippen LogP contribution in [0.5, 0.6) is 5.75 Å². The van der Waals surface area contributed by atoms with Gasteiger partial charge in [0, 0.05) is 18.7 Å². The quantitative estimate of drug-likeness (QED) is 0.485. The summed E-state index contributed by atoms with van der Waals surface area (Å²) in [5, 5.41) is 0.608. The first-order chi connectivity index (χ1) is 14.5. The van der Waals surface area contributed by atoms with E-state index in [9.17, 15) is 4.79 Å². The smallest absolute Gasteiger partial charge is 0.277 e. The summed E-state index contributed by atoms with van der Waals surface area (Å²) in [5.74, 6) is 0.761. The van der Waals surface area contributed by atoms with Gasteiger partial charge in [0.05, 0.1) is 0 Å². The molecule has 5 heteroatoms. The Morgan fingerprint density at radius 2 is 1.77 bits per heavy atom. The van der Waals surface area contributed by atoms with Crippen molar-refractivity contribution in [3.63, 3.8) is 0 Å². The number of ether oxygens (including phenoxy) is 1. The number of aryl methyl sites for hydroxylation is 1. The molecule has 0 spiro atoms. The van der Waals surface area contributed by atoms with Crippen LogP contribution in [0.4, 0.5) is 0 Å². The highest BCUT2D eigenvalue weighted by atomic mass is 32.1. The lowest BCUT2D eigenvalue weighted by molar-refractivity contribution is -0.124. The maximum atomic E-state index is 13.2. The third-order valence-corrected chi connectivity index (χ3v) is 6.43. The summed E-state index contributed by atoms with van der Waals surface area (Å²) in [5.41, 5.74) is 3.83. The van der Waals surface area contributed by atoms with Gasteiger partial charge in [-0.2, -0.15) is 0 Å². The Kier molecular flexibility index (Phi) is 6.18. The average Bonchev–Trinajstić information content (AvgIpc) is 2.98. The normalized spacial score (nSPS) is 19.1. The number of para-hydroxylation sites is 1. The lowest BCUT2D eigenvalue weighted by Crippen LogP contribution is -2.41. The van der Waals surface area contributed by atoms with Gasteiger partial charge < -0.3 is 9.64 Å². The molecule has 1 heterocycles. The Bertz CT molecular complexity index is 961. The Morgan fingerprint density at radius 1 is 1.07 bits per heavy atom. The molecule has 2 aromatic rings. The molecule has 1 saturated heterocycles. The summed E-state index contributed by atoms with van der Waals surface area (Å²) in [6, 6.07) is 16.4. The Hall–Kier alpha value is -2.66. The van der Waals surface area contributed by atoms with Gasteiger partial charge in [0.2, 0.25) is 0 Å². The van der Waals surface area contributed by atoms with E-state index < -0.39 is 0 Å². The molecule has 1 saturated carbocycles. The van der Waals surface area contributed by atoms with Gasteiger partial charge in [0.25, 0.3) is 5.91 Å². The Morgan fingerprint density at radius 3 is 2.50 bits per heavy atom. The zero-order chi connectivity index (χ0) is 21.1. The van der Waals surface area contributed by atoms with Gasteiger partial charge in [0.15, 0.2) is 5.11 Å². The maximum absolute atomic E-state index is 13.2. The molecule has 0 unspecified atom stereocenters. The number of benzene rings is 2. The monoisotopic (exact) mass is 420 g/mol. The standard InChI is InChI=1S/C25H28N2O2S/c1-18-12-14-19(15-13-18)17-29-23-11-7-6-8-20(23)16-22-24(28)27(25(30)26(22)2)21-9-4-3-5-10-21/h6-8,11-16,21H,3-5,9-10,17H2,1-2H3/b22-16-. The molecule has 1 aliphatic carbocycles. The molecule has 1 amide bonds. The number of hydrogen-bond donors (Lipinski definition) is 0. The largest absolute Gasteiger partial charge is 0.488 e. The molecule has 0 bridgehead atoms. The fourth-order valence-corrected chi connectivity index (χ4v) is 4.49. The van der Waals surface area contributed by atoms with Crippen LogP contribution in [0.1, 0.15) is 48.8 Å². The van der Waals surface area contributed by atoms with Crippen molar-refractivity contribution < 1.29 is 9.53 Å². The number of thiocarbonyl (C=S) groups is 1. The van der Waals surface area contributed by atoms with E-state index in [1.807, 2.05) is 47.2 Å². The molecular formula is C25H28N2O2S. The minimum Gasteiger partial charge on any atom is -0.488 e. The second-order valence-corrected chi connectivity index (χ2v) is 8.52. The molecule has 2 aliphatic rings. The average molecular weight is 421 g/mol. The SMILES string of the molecule is Cc1ccc(COc2ccccc2/C=C2/C(=O)N(C3CCCCC3)C(=S)N2C)cc1. The van der Waals surface area contributed by atoms with E-state index >= 15 is 0 Å². The van der Waals surface area contributed by atoms with Crippen molar-refractivity contribution in [3.8, 4) is 5.75 Å². The number of rotatable bonds is 5. The fraction of sp³-hybridized carbons (Fsp3) is 0.360. The van der Waals surface area contributed by atoms with E-state index in [1.54, 1.807) is 0 Å². The third kappa shape index (κ3) is 4.26. The minimum absolute atomic E-state index is 0.00253. The van der Waals surface area contributed by atoms with E-state index in [4.69, 9.17) is 17.0 Å². The van der Waals surface area contributed by atoms with Crippen molar-refractivity contribution in [1.29, 1.82) is 0 Å². The van der Waals surface area contributed by atoms with E-state index in [0.29, 0.717) is 17.4 Å². The summed E-state index contributed by atoms with van der Waals surface area (Å²) in [7, 11) is 1.88. The van der Waals surface area contributed by atoms with Crippen LogP contribution >= 0.6 is 12.2 Å². The van der Waals surface area contributed by atoms with Gasteiger partial charge in [-0.3, -0.25) is 9.69 Å². The summed E-state index contributed by atoms with van der Waals surface area (Å²) < 4.78 is 6.09. The van der Waals surface area contributed by atoms with Crippen LogP contribution in [0.25, 0.3) is 6.08 Å². The summed E-state index contributed by atoms with van der Waals surface area (Å²) in [6.07, 6.45) is 7.54. The van der Waals surface area contributed by atoms with Gasteiger partial charge in [0.1, 0.15) is 18.1 Å². The van der Waals surface area contributed by atoms with Gasteiger partial charge >= 0.3 is 0 Å². The van der Waals surface area contributed by atoms with Crippen LogP contribution in [0, 0.1) is 6.92 Å². The van der Waals surface area contributed by atoms with Crippen LogP contribution in [0.2, 0.25) is 0 Å². The Balaban J connectivity index is 1.56. The molecule has 30 heavy (non-hydrogen) atoms. The number of amides is 1. The highest BCUT2D eigenvalue weighted by Gasteiger charge is 2.40. The van der Waals surface area contributed by atoms with Crippen LogP contribution in [-0.2, 0) is 11.4 Å². The van der Waals surface area contributed by atoms with Gasteiger partial charge in [-0.25, -0.2) is 0 Å². The maximum Gasteiger partial charge on any atom is 0.277 e. The number of nitrogens with zero attached hydrogens (tertiary/aromatic N) is 2. The molecule has 2 fully saturated rings. The number of likely N-dealkylation sites (N-methyl/N-ethyl adjacent to an activating group) is 1. The lowest BCUT2D eigenvalue weighted by atomic mass is 9.94. The molecule has 2 aromatic carbocycles. The highest BCUT2D eigenvalue weighted by Crippen LogP contribution is 2.32. The molecule has 4 rings (SSSR count). The van der Waals surface area contributed by atoms with Gasteiger partial charge in [-0.05, 0) is 49.7 Å². The molecule has 0 atom stereocenters. The van der Waals surface area contributed by atoms with E-state index in [2.05, 4.69) is 31.2 Å². The zero-order valence-electron chi connectivity index (χ0n) is 17.6. The van der Waals surface area contributed by atoms with Crippen LogP contribution < -0.4 is 4.74 Å². The zero-order valence-corrected chi connectivity index (χ0v) is 18.5. The molecule has 0 aromatic heterocycles. The highest BCUT2D eigenvalue weighted by molar-refractivity contribution is 7.80. The number of carbonyl (C=O) groups excluding carboxylic acids is 1. The molecule has 156 valence electrons. The third-order valence-electron chi connectivity index (χ3n) is 5.96. The molecule has 0 N–H and O–H groups in total. The van der Waals surface area contributed by atoms with E-state index in [1.165, 1.54) is 12.0 Å². The van der Waals surface area contributed by atoms with Crippen LogP contribution in [0.3, 0.4) is 0 Å².